The summed E-state index contributed by atoms with van der Waals surface area (Å²) in [5, 5.41) is 16.3. The van der Waals surface area contributed by atoms with Gasteiger partial charge >= 0.3 is 0 Å². The van der Waals surface area contributed by atoms with Crippen molar-refractivity contribution in [3.05, 3.63) is 22.7 Å². The first kappa shape index (κ1) is 11.5. The summed E-state index contributed by atoms with van der Waals surface area (Å²) >= 11 is 0. The molecule has 5 nitrogen and oxygen atoms in total. The predicted octanol–water partition coefficient (Wildman–Crippen LogP) is 2.11. The molecule has 0 fully saturated rings. The van der Waals surface area contributed by atoms with Gasteiger partial charge in [-0.2, -0.15) is 5.26 Å². The molecule has 0 bridgehead atoms. The molecule has 17 heavy (non-hydrogen) atoms. The van der Waals surface area contributed by atoms with Crippen LogP contribution in [0.15, 0.2) is 11.5 Å². The number of nitrogens with two attached hydrogens (primary N) is 1. The monoisotopic (exact) mass is 232 g/mol. The van der Waals surface area contributed by atoms with Crippen molar-refractivity contribution in [2.24, 2.45) is 5.73 Å². The third-order valence-electron chi connectivity index (χ3n) is 3.07. The Balaban J connectivity index is 2.57. The van der Waals surface area contributed by atoms with E-state index in [2.05, 4.69) is 30.1 Å². The lowest BCUT2D eigenvalue weighted by Gasteiger charge is -2.23. The largest absolute Gasteiger partial charge is 0.420 e. The average Bonchev–Trinajstić information content (AvgIpc) is 2.70. The molecule has 1 aliphatic rings. The number of fused-ring (bicyclic) bond motifs is 1. The minimum atomic E-state index is -0.0140. The number of ether oxygens (including phenoxy) is 1. The van der Waals surface area contributed by atoms with Gasteiger partial charge in [0, 0.05) is 17.2 Å². The first-order valence-electron chi connectivity index (χ1n) is 5.75. The number of nitriles is 1. The topological polar surface area (TPSA) is 87.7 Å². The summed E-state index contributed by atoms with van der Waals surface area (Å²) in [7, 11) is 0. The molecule has 0 amide bonds. The number of aromatic nitrogens is 2. The number of H-pyrrole nitrogens is 1. The van der Waals surface area contributed by atoms with E-state index in [-0.39, 0.29) is 11.8 Å². The van der Waals surface area contributed by atoms with Crippen LogP contribution in [0.25, 0.3) is 0 Å². The van der Waals surface area contributed by atoms with Gasteiger partial charge in [0.25, 0.3) is 0 Å². The zero-order valence-electron chi connectivity index (χ0n) is 10.2. The Bertz CT molecular complexity index is 507. The fourth-order valence-corrected chi connectivity index (χ4v) is 2.22. The van der Waals surface area contributed by atoms with Crippen LogP contribution in [0.4, 0.5) is 0 Å². The van der Waals surface area contributed by atoms with Crippen LogP contribution in [-0.2, 0) is 0 Å². The molecule has 0 aliphatic carbocycles. The number of hydrogen-bond acceptors (Lipinski definition) is 4. The molecule has 0 aromatic carbocycles. The quantitative estimate of drug-likeness (QED) is 0.817. The van der Waals surface area contributed by atoms with Crippen molar-refractivity contribution in [2.45, 2.75) is 39.0 Å². The maximum Gasteiger partial charge on any atom is 0.243 e. The summed E-state index contributed by atoms with van der Waals surface area (Å²) in [6.07, 6.45) is 0.805. The first-order valence-corrected chi connectivity index (χ1v) is 5.75. The van der Waals surface area contributed by atoms with Crippen LogP contribution >= 0.6 is 0 Å². The van der Waals surface area contributed by atoms with Crippen LogP contribution < -0.4 is 10.5 Å². The summed E-state index contributed by atoms with van der Waals surface area (Å²) in [5.41, 5.74) is 8.24. The molecule has 5 heteroatoms. The highest BCUT2D eigenvalue weighted by atomic mass is 16.5. The Kier molecular flexibility index (Phi) is 2.80. The molecule has 1 aromatic heterocycles. The van der Waals surface area contributed by atoms with Gasteiger partial charge in [0.1, 0.15) is 6.07 Å². The predicted molar refractivity (Wildman–Crippen MR) is 63.2 cm³/mol. The van der Waals surface area contributed by atoms with Crippen LogP contribution in [0.2, 0.25) is 0 Å². The maximum absolute atomic E-state index is 9.16. The Morgan fingerprint density at radius 3 is 2.82 bits per heavy atom. The van der Waals surface area contributed by atoms with Crippen LogP contribution in [-0.4, -0.2) is 10.2 Å². The molecule has 1 atom stereocenters. The van der Waals surface area contributed by atoms with Gasteiger partial charge in [0.05, 0.1) is 5.57 Å². The molecule has 1 unspecified atom stereocenters. The van der Waals surface area contributed by atoms with Crippen LogP contribution in [0, 0.1) is 11.3 Å². The summed E-state index contributed by atoms with van der Waals surface area (Å²) in [6.45, 7) is 6.18. The second kappa shape index (κ2) is 4.13. The molecular weight excluding hydrogens is 216 g/mol. The van der Waals surface area contributed by atoms with Gasteiger partial charge in [0.2, 0.25) is 11.8 Å². The van der Waals surface area contributed by atoms with E-state index in [1.165, 1.54) is 0 Å². The number of nitrogens with one attached hydrogen (secondary N) is 1. The number of rotatable bonds is 2. The van der Waals surface area contributed by atoms with Gasteiger partial charge in [-0.3, -0.25) is 5.10 Å². The van der Waals surface area contributed by atoms with E-state index < -0.39 is 0 Å². The van der Waals surface area contributed by atoms with Crippen molar-refractivity contribution in [1.82, 2.24) is 10.2 Å². The lowest BCUT2D eigenvalue weighted by molar-refractivity contribution is 0.372. The summed E-state index contributed by atoms with van der Waals surface area (Å²) < 4.78 is 5.39. The van der Waals surface area contributed by atoms with E-state index in [0.29, 0.717) is 17.4 Å². The van der Waals surface area contributed by atoms with Crippen LogP contribution in [0.1, 0.15) is 50.3 Å². The van der Waals surface area contributed by atoms with Gasteiger partial charge in [0.15, 0.2) is 0 Å². The average molecular weight is 232 g/mol. The molecule has 2 heterocycles. The van der Waals surface area contributed by atoms with Crippen molar-refractivity contribution in [3.8, 4) is 11.9 Å². The molecule has 0 radical (unpaired) electrons. The fraction of sp³-hybridized carbons (Fsp3) is 0.500. The van der Waals surface area contributed by atoms with Gasteiger partial charge in [-0.1, -0.05) is 20.8 Å². The molecular formula is C12H16N4O. The van der Waals surface area contributed by atoms with E-state index in [9.17, 15) is 0 Å². The van der Waals surface area contributed by atoms with Crippen LogP contribution in [0.3, 0.4) is 0 Å². The molecule has 2 rings (SSSR count). The lowest BCUT2D eigenvalue weighted by atomic mass is 9.86. The highest BCUT2D eigenvalue weighted by Gasteiger charge is 2.33. The summed E-state index contributed by atoms with van der Waals surface area (Å²) in [5.74, 6) is 0.980. The highest BCUT2D eigenvalue weighted by Crippen LogP contribution is 2.42. The van der Waals surface area contributed by atoms with Crippen molar-refractivity contribution < 1.29 is 4.74 Å². The van der Waals surface area contributed by atoms with Gasteiger partial charge in [-0.15, -0.1) is 5.10 Å². The normalized spacial score (nSPS) is 18.9. The smallest absolute Gasteiger partial charge is 0.243 e. The Labute approximate surface area is 100 Å². The standard InChI is InChI=1S/C12H16N4O/c1-4-7-8(5-13)11(14)17-12-9(7)10(6(2)3)15-16-12/h6-7H,4,14H2,1-3H3,(H,15,16). The zero-order chi connectivity index (χ0) is 12.6. The van der Waals surface area contributed by atoms with Crippen molar-refractivity contribution >= 4 is 0 Å². The van der Waals surface area contributed by atoms with Crippen molar-refractivity contribution in [2.75, 3.05) is 0 Å². The fourth-order valence-electron chi connectivity index (χ4n) is 2.22. The Hall–Kier alpha value is -1.96. The highest BCUT2D eigenvalue weighted by molar-refractivity contribution is 5.49. The second-order valence-corrected chi connectivity index (χ2v) is 4.46. The SMILES string of the molecule is CCC1C(C#N)=C(N)Oc2n[nH]c(C(C)C)c21. The van der Waals surface area contributed by atoms with E-state index in [4.69, 9.17) is 15.7 Å². The van der Waals surface area contributed by atoms with Crippen LogP contribution in [0.5, 0.6) is 5.88 Å². The number of aromatic amines is 1. The zero-order valence-corrected chi connectivity index (χ0v) is 10.2. The van der Waals surface area contributed by atoms with Gasteiger partial charge in [-0.25, -0.2) is 0 Å². The minimum absolute atomic E-state index is 0.0140. The lowest BCUT2D eigenvalue weighted by Crippen LogP contribution is -2.20. The third-order valence-corrected chi connectivity index (χ3v) is 3.07. The van der Waals surface area contributed by atoms with Crippen molar-refractivity contribution in [1.29, 1.82) is 5.26 Å². The number of allylic oxidation sites excluding steroid dienone is 1. The Morgan fingerprint density at radius 1 is 1.59 bits per heavy atom. The van der Waals surface area contributed by atoms with Crippen molar-refractivity contribution in [3.63, 3.8) is 0 Å². The van der Waals surface area contributed by atoms with E-state index in [1.54, 1.807) is 0 Å². The molecule has 0 saturated carbocycles. The van der Waals surface area contributed by atoms with E-state index in [0.717, 1.165) is 17.7 Å². The first-order chi connectivity index (χ1) is 8.10. The summed E-state index contributed by atoms with van der Waals surface area (Å²) in [6, 6.07) is 2.14. The molecule has 0 spiro atoms. The number of hydrogen-bond donors (Lipinski definition) is 2. The molecule has 1 aliphatic heterocycles. The second-order valence-electron chi connectivity index (χ2n) is 4.46. The summed E-state index contributed by atoms with van der Waals surface area (Å²) in [4.78, 5) is 0. The minimum Gasteiger partial charge on any atom is -0.420 e. The van der Waals surface area contributed by atoms with Gasteiger partial charge < -0.3 is 10.5 Å². The molecule has 90 valence electrons. The maximum atomic E-state index is 9.16. The molecule has 3 N–H and O–H groups in total. The Morgan fingerprint density at radius 2 is 2.29 bits per heavy atom. The molecule has 1 aromatic rings. The molecule has 0 saturated heterocycles. The van der Waals surface area contributed by atoms with E-state index in [1.807, 2.05) is 6.92 Å². The van der Waals surface area contributed by atoms with Gasteiger partial charge in [-0.05, 0) is 12.3 Å². The van der Waals surface area contributed by atoms with E-state index >= 15 is 0 Å². The third kappa shape index (κ3) is 1.66. The number of nitrogens with zero attached hydrogens (tertiary/aromatic N) is 2.